The van der Waals surface area contributed by atoms with Crippen LogP contribution in [0.1, 0.15) is 5.56 Å². The molecule has 0 aliphatic heterocycles. The second-order valence-corrected chi connectivity index (χ2v) is 5.93. The lowest BCUT2D eigenvalue weighted by atomic mass is 10.2. The molecule has 0 aromatic heterocycles. The maximum absolute atomic E-state index is 12.0. The van der Waals surface area contributed by atoms with Gasteiger partial charge in [-0.3, -0.25) is 0 Å². The number of para-hydroxylation sites is 2. The predicted molar refractivity (Wildman–Crippen MR) is 102 cm³/mol. The Kier molecular flexibility index (Phi) is 7.10. The molecule has 0 aliphatic rings. The molecule has 0 unspecified atom stereocenters. The summed E-state index contributed by atoms with van der Waals surface area (Å²) in [5.41, 5.74) is 2.76. The van der Waals surface area contributed by atoms with Crippen molar-refractivity contribution in [3.8, 4) is 5.75 Å². The number of hydrogen-bond acceptors (Lipinski definition) is 4. The van der Waals surface area contributed by atoms with Gasteiger partial charge in [0.15, 0.2) is 0 Å². The van der Waals surface area contributed by atoms with Gasteiger partial charge in [0.05, 0.1) is 18.5 Å². The van der Waals surface area contributed by atoms with E-state index in [9.17, 15) is 4.79 Å². The number of nitrogens with zero attached hydrogens (tertiary/aromatic N) is 1. The summed E-state index contributed by atoms with van der Waals surface area (Å²) >= 11 is 0. The van der Waals surface area contributed by atoms with E-state index in [0.717, 1.165) is 29.2 Å². The zero-order valence-electron chi connectivity index (χ0n) is 15.0. The van der Waals surface area contributed by atoms with Crippen LogP contribution in [0.25, 0.3) is 0 Å². The van der Waals surface area contributed by atoms with E-state index < -0.39 is 0 Å². The van der Waals surface area contributed by atoms with Crippen LogP contribution < -0.4 is 20.7 Å². The van der Waals surface area contributed by atoms with Gasteiger partial charge in [0.25, 0.3) is 0 Å². The average molecular weight is 342 g/mol. The van der Waals surface area contributed by atoms with Gasteiger partial charge in [-0.05, 0) is 43.9 Å². The van der Waals surface area contributed by atoms with Crippen LogP contribution in [0.5, 0.6) is 5.75 Å². The van der Waals surface area contributed by atoms with Crippen LogP contribution in [0.4, 0.5) is 16.2 Å². The van der Waals surface area contributed by atoms with Gasteiger partial charge in [-0.2, -0.15) is 0 Å². The highest BCUT2D eigenvalue weighted by atomic mass is 16.5. The van der Waals surface area contributed by atoms with Crippen LogP contribution in [-0.4, -0.2) is 45.2 Å². The van der Waals surface area contributed by atoms with E-state index in [4.69, 9.17) is 4.74 Å². The lowest BCUT2D eigenvalue weighted by Gasteiger charge is -2.15. The van der Waals surface area contributed by atoms with Gasteiger partial charge < -0.3 is 25.6 Å². The van der Waals surface area contributed by atoms with E-state index >= 15 is 0 Å². The molecule has 0 fully saturated rings. The highest BCUT2D eigenvalue weighted by Gasteiger charge is 2.06. The topological polar surface area (TPSA) is 65.6 Å². The molecular formula is C19H26N4O2. The van der Waals surface area contributed by atoms with Crippen molar-refractivity contribution in [3.05, 3.63) is 54.1 Å². The summed E-state index contributed by atoms with van der Waals surface area (Å²) in [6, 6.07) is 15.3. The highest BCUT2D eigenvalue weighted by Crippen LogP contribution is 2.22. The van der Waals surface area contributed by atoms with Gasteiger partial charge in [0, 0.05) is 19.6 Å². The van der Waals surface area contributed by atoms with Crippen molar-refractivity contribution in [2.45, 2.75) is 6.54 Å². The lowest BCUT2D eigenvalue weighted by molar-refractivity contribution is 0.250. The first kappa shape index (κ1) is 18.6. The van der Waals surface area contributed by atoms with E-state index in [2.05, 4.69) is 16.0 Å². The summed E-state index contributed by atoms with van der Waals surface area (Å²) in [4.78, 5) is 14.0. The minimum absolute atomic E-state index is 0.208. The maximum atomic E-state index is 12.0. The number of anilines is 2. The summed E-state index contributed by atoms with van der Waals surface area (Å²) < 4.78 is 5.16. The molecule has 2 aromatic carbocycles. The number of hydrogen-bond donors (Lipinski definition) is 3. The molecule has 0 atom stereocenters. The highest BCUT2D eigenvalue weighted by molar-refractivity contribution is 5.92. The van der Waals surface area contributed by atoms with Crippen LogP contribution in [0.15, 0.2) is 48.5 Å². The molecule has 2 aromatic rings. The van der Waals surface area contributed by atoms with Crippen LogP contribution in [0.3, 0.4) is 0 Å². The summed E-state index contributed by atoms with van der Waals surface area (Å²) in [5.74, 6) is 0.834. The second-order valence-electron chi connectivity index (χ2n) is 5.93. The third-order valence-corrected chi connectivity index (χ3v) is 3.66. The van der Waals surface area contributed by atoms with Crippen LogP contribution >= 0.6 is 0 Å². The van der Waals surface area contributed by atoms with Crippen LogP contribution in [-0.2, 0) is 6.54 Å². The Morgan fingerprint density at radius 1 is 1.04 bits per heavy atom. The zero-order chi connectivity index (χ0) is 18.1. The molecule has 2 amide bonds. The van der Waals surface area contributed by atoms with Crippen molar-refractivity contribution in [2.24, 2.45) is 0 Å². The molecule has 0 saturated carbocycles. The fraction of sp³-hybridized carbons (Fsp3) is 0.316. The van der Waals surface area contributed by atoms with E-state index in [1.54, 1.807) is 7.11 Å². The Morgan fingerprint density at radius 2 is 1.72 bits per heavy atom. The number of likely N-dealkylation sites (N-methyl/N-ethyl adjacent to an activating group) is 1. The molecule has 0 saturated heterocycles. The van der Waals surface area contributed by atoms with E-state index in [1.807, 2.05) is 67.5 Å². The normalized spacial score (nSPS) is 10.4. The third-order valence-electron chi connectivity index (χ3n) is 3.66. The Bertz CT molecular complexity index is 671. The first-order valence-electron chi connectivity index (χ1n) is 8.24. The summed E-state index contributed by atoms with van der Waals surface area (Å²) in [6.45, 7) is 2.05. The number of carbonyl (C=O) groups is 1. The molecule has 0 spiro atoms. The number of nitrogens with one attached hydrogen (secondary N) is 3. The number of urea groups is 1. The number of amides is 2. The molecule has 3 N–H and O–H groups in total. The van der Waals surface area contributed by atoms with Crippen molar-refractivity contribution >= 4 is 17.4 Å². The predicted octanol–water partition coefficient (Wildman–Crippen LogP) is 2.99. The molecule has 134 valence electrons. The van der Waals surface area contributed by atoms with Gasteiger partial charge >= 0.3 is 6.03 Å². The number of ether oxygens (including phenoxy) is 1. The van der Waals surface area contributed by atoms with Crippen LogP contribution in [0.2, 0.25) is 0 Å². The fourth-order valence-corrected chi connectivity index (χ4v) is 2.25. The first-order valence-corrected chi connectivity index (χ1v) is 8.24. The standard InChI is InChI=1S/C19H26N4O2/c1-23(2)13-12-20-19(24)22-18-7-5-4-6-17(18)21-14-15-8-10-16(25-3)11-9-15/h4-11,21H,12-14H2,1-3H3,(H2,20,22,24). The van der Waals surface area contributed by atoms with Gasteiger partial charge in [-0.1, -0.05) is 24.3 Å². The maximum Gasteiger partial charge on any atom is 0.319 e. The molecule has 0 heterocycles. The van der Waals surface area contributed by atoms with Gasteiger partial charge in [-0.15, -0.1) is 0 Å². The minimum atomic E-state index is -0.208. The molecule has 2 rings (SSSR count). The molecule has 0 aliphatic carbocycles. The Balaban J connectivity index is 1.91. The Hall–Kier alpha value is -2.73. The lowest BCUT2D eigenvalue weighted by Crippen LogP contribution is -2.34. The smallest absolute Gasteiger partial charge is 0.319 e. The summed E-state index contributed by atoms with van der Waals surface area (Å²) in [7, 11) is 5.59. The number of benzene rings is 2. The minimum Gasteiger partial charge on any atom is -0.497 e. The van der Waals surface area contributed by atoms with Crippen LogP contribution in [0, 0.1) is 0 Å². The van der Waals surface area contributed by atoms with Crippen molar-refractivity contribution in [1.82, 2.24) is 10.2 Å². The fourth-order valence-electron chi connectivity index (χ4n) is 2.25. The number of methoxy groups -OCH3 is 1. The first-order chi connectivity index (χ1) is 12.1. The van der Waals surface area contributed by atoms with Crippen molar-refractivity contribution in [3.63, 3.8) is 0 Å². The van der Waals surface area contributed by atoms with E-state index in [0.29, 0.717) is 13.1 Å². The molecular weight excluding hydrogens is 316 g/mol. The summed E-state index contributed by atoms with van der Waals surface area (Å²) in [5, 5.41) is 9.09. The molecule has 0 bridgehead atoms. The van der Waals surface area contributed by atoms with Gasteiger partial charge in [0.1, 0.15) is 5.75 Å². The quantitative estimate of drug-likeness (QED) is 0.690. The van der Waals surface area contributed by atoms with Crippen molar-refractivity contribution in [2.75, 3.05) is 44.9 Å². The third kappa shape index (κ3) is 6.35. The monoisotopic (exact) mass is 342 g/mol. The molecule has 0 radical (unpaired) electrons. The van der Waals surface area contributed by atoms with E-state index in [-0.39, 0.29) is 6.03 Å². The average Bonchev–Trinajstić information content (AvgIpc) is 2.61. The van der Waals surface area contributed by atoms with Crippen molar-refractivity contribution < 1.29 is 9.53 Å². The van der Waals surface area contributed by atoms with E-state index in [1.165, 1.54) is 0 Å². The van der Waals surface area contributed by atoms with Crippen molar-refractivity contribution in [1.29, 1.82) is 0 Å². The number of rotatable bonds is 8. The Morgan fingerprint density at radius 3 is 2.36 bits per heavy atom. The molecule has 6 heteroatoms. The van der Waals surface area contributed by atoms with Gasteiger partial charge in [-0.25, -0.2) is 4.79 Å². The SMILES string of the molecule is COc1ccc(CNc2ccccc2NC(=O)NCCN(C)C)cc1. The molecule has 6 nitrogen and oxygen atoms in total. The number of carbonyl (C=O) groups excluding carboxylic acids is 1. The zero-order valence-corrected chi connectivity index (χ0v) is 15.0. The van der Waals surface area contributed by atoms with Gasteiger partial charge in [0.2, 0.25) is 0 Å². The largest absolute Gasteiger partial charge is 0.497 e. The molecule has 25 heavy (non-hydrogen) atoms. The Labute approximate surface area is 149 Å². The summed E-state index contributed by atoms with van der Waals surface area (Å²) in [6.07, 6.45) is 0. The second kappa shape index (κ2) is 9.54.